The third-order valence-corrected chi connectivity index (χ3v) is 2.17. The van der Waals surface area contributed by atoms with E-state index in [9.17, 15) is 4.79 Å². The van der Waals surface area contributed by atoms with E-state index < -0.39 is 11.6 Å². The molecule has 0 heterocycles. The van der Waals surface area contributed by atoms with E-state index in [1.165, 1.54) is 7.11 Å². The third-order valence-electron chi connectivity index (χ3n) is 2.17. The summed E-state index contributed by atoms with van der Waals surface area (Å²) in [7, 11) is 1.52. The molecule has 0 aromatic heterocycles. The van der Waals surface area contributed by atoms with Gasteiger partial charge >= 0.3 is 5.97 Å². The molecule has 0 aliphatic carbocycles. The first-order chi connectivity index (χ1) is 8.87. The average Bonchev–Trinajstić information content (AvgIpc) is 2.34. The Labute approximate surface area is 113 Å². The zero-order valence-corrected chi connectivity index (χ0v) is 11.9. The lowest BCUT2D eigenvalue weighted by molar-refractivity contribution is 0.00691. The van der Waals surface area contributed by atoms with Gasteiger partial charge in [0.25, 0.3) is 0 Å². The van der Waals surface area contributed by atoms with Crippen molar-refractivity contribution in [1.82, 2.24) is 0 Å². The first-order valence-corrected chi connectivity index (χ1v) is 6.11. The van der Waals surface area contributed by atoms with E-state index in [-0.39, 0.29) is 0 Å². The first-order valence-electron chi connectivity index (χ1n) is 6.11. The van der Waals surface area contributed by atoms with Crippen LogP contribution < -0.4 is 15.2 Å². The van der Waals surface area contributed by atoms with Gasteiger partial charge in [-0.25, -0.2) is 4.79 Å². The number of rotatable bonds is 5. The van der Waals surface area contributed by atoms with Crippen LogP contribution in [0.4, 0.5) is 0 Å². The average molecular weight is 267 g/mol. The van der Waals surface area contributed by atoms with Gasteiger partial charge in [-0.2, -0.15) is 0 Å². The Hall–Kier alpha value is -1.75. The molecule has 0 aliphatic rings. The fraction of sp³-hybridized carbons (Fsp3) is 0.500. The monoisotopic (exact) mass is 267 g/mol. The minimum Gasteiger partial charge on any atom is -0.493 e. The topological polar surface area (TPSA) is 70.8 Å². The van der Waals surface area contributed by atoms with Gasteiger partial charge in [-0.1, -0.05) is 0 Å². The molecule has 0 amide bonds. The van der Waals surface area contributed by atoms with Crippen molar-refractivity contribution >= 4 is 5.97 Å². The zero-order chi connectivity index (χ0) is 14.5. The second kappa shape index (κ2) is 6.43. The van der Waals surface area contributed by atoms with E-state index in [4.69, 9.17) is 19.9 Å². The summed E-state index contributed by atoms with van der Waals surface area (Å²) < 4.78 is 15.9. The van der Waals surface area contributed by atoms with Gasteiger partial charge in [0.1, 0.15) is 12.2 Å². The van der Waals surface area contributed by atoms with Crippen LogP contribution in [0, 0.1) is 0 Å². The summed E-state index contributed by atoms with van der Waals surface area (Å²) in [5.41, 5.74) is 5.27. The van der Waals surface area contributed by atoms with Crippen molar-refractivity contribution < 1.29 is 19.0 Å². The second-order valence-corrected chi connectivity index (χ2v) is 5.00. The van der Waals surface area contributed by atoms with Gasteiger partial charge in [0.05, 0.1) is 12.7 Å². The quantitative estimate of drug-likeness (QED) is 0.826. The summed E-state index contributed by atoms with van der Waals surface area (Å²) in [5, 5.41) is 0. The molecule has 0 unspecified atom stereocenters. The van der Waals surface area contributed by atoms with Crippen LogP contribution in [0.25, 0.3) is 0 Å². The smallest absolute Gasteiger partial charge is 0.338 e. The predicted molar refractivity (Wildman–Crippen MR) is 72.7 cm³/mol. The van der Waals surface area contributed by atoms with E-state index >= 15 is 0 Å². The zero-order valence-electron chi connectivity index (χ0n) is 11.9. The van der Waals surface area contributed by atoms with Gasteiger partial charge in [0.15, 0.2) is 11.5 Å². The molecule has 19 heavy (non-hydrogen) atoms. The molecule has 1 rings (SSSR count). The number of carbonyl (C=O) groups is 1. The molecule has 1 aromatic carbocycles. The summed E-state index contributed by atoms with van der Waals surface area (Å²) >= 11 is 0. The fourth-order valence-corrected chi connectivity index (χ4v) is 1.42. The summed E-state index contributed by atoms with van der Waals surface area (Å²) in [5.74, 6) is 0.647. The maximum absolute atomic E-state index is 11.9. The highest BCUT2D eigenvalue weighted by Gasteiger charge is 2.19. The Balaban J connectivity index is 2.90. The molecule has 0 spiro atoms. The van der Waals surface area contributed by atoms with Crippen LogP contribution in [0.5, 0.6) is 11.5 Å². The minimum atomic E-state index is -0.529. The highest BCUT2D eigenvalue weighted by atomic mass is 16.6. The van der Waals surface area contributed by atoms with Crippen molar-refractivity contribution in [3.8, 4) is 11.5 Å². The molecule has 0 radical (unpaired) electrons. The number of hydrogen-bond acceptors (Lipinski definition) is 5. The van der Waals surface area contributed by atoms with Crippen LogP contribution in [0.2, 0.25) is 0 Å². The van der Waals surface area contributed by atoms with Crippen molar-refractivity contribution in [2.75, 3.05) is 20.3 Å². The number of carbonyl (C=O) groups excluding carboxylic acids is 1. The van der Waals surface area contributed by atoms with Crippen LogP contribution in [0.3, 0.4) is 0 Å². The number of methoxy groups -OCH3 is 1. The maximum Gasteiger partial charge on any atom is 0.338 e. The number of nitrogens with two attached hydrogens (primary N) is 1. The van der Waals surface area contributed by atoms with Gasteiger partial charge in [-0.15, -0.1) is 0 Å². The van der Waals surface area contributed by atoms with Crippen molar-refractivity contribution in [3.63, 3.8) is 0 Å². The number of hydrogen-bond donors (Lipinski definition) is 1. The van der Waals surface area contributed by atoms with E-state index in [2.05, 4.69) is 0 Å². The van der Waals surface area contributed by atoms with E-state index in [1.807, 2.05) is 20.8 Å². The normalized spacial score (nSPS) is 11.0. The molecule has 2 N–H and O–H groups in total. The fourth-order valence-electron chi connectivity index (χ4n) is 1.42. The van der Waals surface area contributed by atoms with E-state index in [1.54, 1.807) is 18.2 Å². The lowest BCUT2D eigenvalue weighted by Crippen LogP contribution is -2.23. The Bertz CT molecular complexity index is 438. The Morgan fingerprint density at radius 1 is 1.26 bits per heavy atom. The first kappa shape index (κ1) is 15.3. The Morgan fingerprint density at radius 3 is 2.47 bits per heavy atom. The van der Waals surface area contributed by atoms with Gasteiger partial charge in [0, 0.05) is 6.54 Å². The molecule has 106 valence electrons. The van der Waals surface area contributed by atoms with Crippen molar-refractivity contribution in [2.45, 2.75) is 26.4 Å². The van der Waals surface area contributed by atoms with E-state index in [0.717, 1.165) is 0 Å². The molecular weight excluding hydrogens is 246 g/mol. The molecule has 5 heteroatoms. The summed E-state index contributed by atoms with van der Waals surface area (Å²) in [6, 6.07) is 4.91. The minimum absolute atomic E-state index is 0.391. The molecule has 0 saturated heterocycles. The van der Waals surface area contributed by atoms with Crippen LogP contribution in [-0.4, -0.2) is 31.8 Å². The lowest BCUT2D eigenvalue weighted by atomic mass is 10.1. The van der Waals surface area contributed by atoms with Crippen molar-refractivity contribution in [1.29, 1.82) is 0 Å². The van der Waals surface area contributed by atoms with Gasteiger partial charge in [-0.3, -0.25) is 0 Å². The SMILES string of the molecule is COc1cc(C(=O)OC(C)(C)C)ccc1OCCN. The summed E-state index contributed by atoms with van der Waals surface area (Å²) in [6.07, 6.45) is 0. The highest BCUT2D eigenvalue weighted by Crippen LogP contribution is 2.28. The molecule has 0 saturated carbocycles. The highest BCUT2D eigenvalue weighted by molar-refractivity contribution is 5.90. The number of esters is 1. The van der Waals surface area contributed by atoms with Crippen LogP contribution in [0.15, 0.2) is 18.2 Å². The third kappa shape index (κ3) is 4.79. The largest absolute Gasteiger partial charge is 0.493 e. The lowest BCUT2D eigenvalue weighted by Gasteiger charge is -2.20. The molecule has 0 atom stereocenters. The van der Waals surface area contributed by atoms with Crippen LogP contribution in [-0.2, 0) is 4.74 Å². The van der Waals surface area contributed by atoms with Crippen molar-refractivity contribution in [3.05, 3.63) is 23.8 Å². The van der Waals surface area contributed by atoms with E-state index in [0.29, 0.717) is 30.2 Å². The van der Waals surface area contributed by atoms with Crippen LogP contribution in [0.1, 0.15) is 31.1 Å². The second-order valence-electron chi connectivity index (χ2n) is 5.00. The van der Waals surface area contributed by atoms with Crippen LogP contribution >= 0.6 is 0 Å². The molecular formula is C14H21NO4. The standard InChI is InChI=1S/C14H21NO4/c1-14(2,3)19-13(16)10-5-6-11(18-8-7-15)12(9-10)17-4/h5-6,9H,7-8,15H2,1-4H3. The summed E-state index contributed by atoms with van der Waals surface area (Å²) in [6.45, 7) is 6.27. The van der Waals surface area contributed by atoms with Crippen molar-refractivity contribution in [2.24, 2.45) is 5.73 Å². The predicted octanol–water partition coefficient (Wildman–Crippen LogP) is 1.99. The molecule has 0 bridgehead atoms. The van der Waals surface area contributed by atoms with Gasteiger partial charge in [-0.05, 0) is 39.0 Å². The Morgan fingerprint density at radius 2 is 1.95 bits per heavy atom. The number of benzene rings is 1. The molecule has 0 aliphatic heterocycles. The number of ether oxygens (including phenoxy) is 3. The van der Waals surface area contributed by atoms with Gasteiger partial charge in [0.2, 0.25) is 0 Å². The van der Waals surface area contributed by atoms with Gasteiger partial charge < -0.3 is 19.9 Å². The summed E-state index contributed by atoms with van der Waals surface area (Å²) in [4.78, 5) is 11.9. The molecule has 1 aromatic rings. The molecule has 0 fully saturated rings. The Kier molecular flexibility index (Phi) is 5.18. The maximum atomic E-state index is 11.9. The molecule has 5 nitrogen and oxygen atoms in total.